The number of hydrogen-bond acceptors (Lipinski definition) is 2. The molecule has 0 unspecified atom stereocenters. The van der Waals surface area contributed by atoms with Crippen LogP contribution in [-0.4, -0.2) is 22.1 Å². The number of halogens is 3. The fourth-order valence-electron chi connectivity index (χ4n) is 1.74. The molecule has 0 amide bonds. The van der Waals surface area contributed by atoms with Crippen molar-refractivity contribution < 1.29 is 23.0 Å². The van der Waals surface area contributed by atoms with E-state index in [1.54, 1.807) is 0 Å². The molecule has 1 aliphatic carbocycles. The van der Waals surface area contributed by atoms with Crippen LogP contribution in [0.2, 0.25) is 0 Å². The first kappa shape index (κ1) is 12.9. The highest BCUT2D eigenvalue weighted by molar-refractivity contribution is 7.67. The van der Waals surface area contributed by atoms with Gasteiger partial charge in [-0.05, 0) is 31.3 Å². The summed E-state index contributed by atoms with van der Waals surface area (Å²) < 4.78 is 36.0. The summed E-state index contributed by atoms with van der Waals surface area (Å²) in [5, 5.41) is 0. The first-order chi connectivity index (χ1) is 6.79. The molecule has 0 saturated heterocycles. The smallest absolute Gasteiger partial charge is 0.215 e. The summed E-state index contributed by atoms with van der Waals surface area (Å²) in [6, 6.07) is 0. The lowest BCUT2D eigenvalue weighted by Gasteiger charge is -2.16. The van der Waals surface area contributed by atoms with Gasteiger partial charge in [-0.25, -0.2) is 9.79 Å². The van der Waals surface area contributed by atoms with Gasteiger partial charge in [-0.2, -0.15) is 13.2 Å². The van der Waals surface area contributed by atoms with Crippen LogP contribution in [0.15, 0.2) is 11.4 Å². The van der Waals surface area contributed by atoms with E-state index in [0.29, 0.717) is 12.8 Å². The molecule has 0 atom stereocenters. The molecule has 0 heterocycles. The summed E-state index contributed by atoms with van der Waals surface area (Å²) in [6.45, 7) is 0. The standard InChI is InChI=1S/C9H15F3O2P/c10-9(11,12)7-15(13,14)6-8-4-2-1-3-5-8/h6,13-14H,1-5,7H2/q+1. The van der Waals surface area contributed by atoms with Crippen LogP contribution in [0, 0.1) is 0 Å². The van der Waals surface area contributed by atoms with Crippen LogP contribution in [0.4, 0.5) is 13.2 Å². The largest absolute Gasteiger partial charge is 0.427 e. The number of hydrogen-bond donors (Lipinski definition) is 2. The maximum absolute atomic E-state index is 12.0. The van der Waals surface area contributed by atoms with E-state index < -0.39 is 20.1 Å². The van der Waals surface area contributed by atoms with Crippen molar-refractivity contribution in [3.8, 4) is 0 Å². The van der Waals surface area contributed by atoms with E-state index in [1.165, 1.54) is 0 Å². The van der Waals surface area contributed by atoms with Crippen molar-refractivity contribution in [3.05, 3.63) is 11.4 Å². The lowest BCUT2D eigenvalue weighted by atomic mass is 9.96. The molecular formula is C9H15F3O2P+. The first-order valence-electron chi connectivity index (χ1n) is 4.89. The zero-order valence-electron chi connectivity index (χ0n) is 8.30. The second kappa shape index (κ2) is 4.81. The molecule has 0 radical (unpaired) electrons. The van der Waals surface area contributed by atoms with Gasteiger partial charge in [0.1, 0.15) is 5.82 Å². The Morgan fingerprint density at radius 1 is 1.13 bits per heavy atom. The van der Waals surface area contributed by atoms with Crippen LogP contribution < -0.4 is 0 Å². The highest BCUT2D eigenvalue weighted by Crippen LogP contribution is 2.56. The van der Waals surface area contributed by atoms with Gasteiger partial charge in [0.25, 0.3) is 0 Å². The third-order valence-corrected chi connectivity index (χ3v) is 3.90. The number of alkyl halides is 3. The van der Waals surface area contributed by atoms with Crippen molar-refractivity contribution in [1.82, 2.24) is 0 Å². The molecule has 0 spiro atoms. The summed E-state index contributed by atoms with van der Waals surface area (Å²) in [7, 11) is -3.92. The molecule has 0 aliphatic heterocycles. The predicted molar refractivity (Wildman–Crippen MR) is 53.4 cm³/mol. The molecule has 88 valence electrons. The number of rotatable bonds is 2. The average molecular weight is 243 g/mol. The van der Waals surface area contributed by atoms with Gasteiger partial charge in [-0.3, -0.25) is 0 Å². The van der Waals surface area contributed by atoms with Crippen molar-refractivity contribution in [2.45, 2.75) is 38.3 Å². The van der Waals surface area contributed by atoms with Crippen LogP contribution in [0.25, 0.3) is 0 Å². The fourth-order valence-corrected chi connectivity index (χ4v) is 3.20. The quantitative estimate of drug-likeness (QED) is 0.731. The Morgan fingerprint density at radius 2 is 1.67 bits per heavy atom. The minimum Gasteiger partial charge on any atom is -0.215 e. The van der Waals surface area contributed by atoms with Gasteiger partial charge in [0.05, 0.1) is 0 Å². The van der Waals surface area contributed by atoms with Crippen LogP contribution in [0.3, 0.4) is 0 Å². The van der Waals surface area contributed by atoms with E-state index in [2.05, 4.69) is 0 Å². The van der Waals surface area contributed by atoms with Crippen molar-refractivity contribution in [1.29, 1.82) is 0 Å². The van der Waals surface area contributed by atoms with Gasteiger partial charge in [-0.1, -0.05) is 6.42 Å². The maximum Gasteiger partial charge on any atom is 0.427 e. The molecule has 0 aromatic carbocycles. The zero-order chi connectivity index (χ0) is 11.5. The molecular weight excluding hydrogens is 228 g/mol. The van der Waals surface area contributed by atoms with E-state index >= 15 is 0 Å². The predicted octanol–water partition coefficient (Wildman–Crippen LogP) is 3.23. The normalized spacial score (nSPS) is 19.1. The molecule has 2 N–H and O–H groups in total. The van der Waals surface area contributed by atoms with E-state index in [-0.39, 0.29) is 0 Å². The molecule has 2 nitrogen and oxygen atoms in total. The van der Waals surface area contributed by atoms with Crippen LogP contribution in [0.1, 0.15) is 32.1 Å². The van der Waals surface area contributed by atoms with Gasteiger partial charge < -0.3 is 0 Å². The van der Waals surface area contributed by atoms with Gasteiger partial charge in [0.15, 0.2) is 0 Å². The average Bonchev–Trinajstić information content (AvgIpc) is 1.99. The Bertz CT molecular complexity index is 240. The topological polar surface area (TPSA) is 40.5 Å². The van der Waals surface area contributed by atoms with Crippen molar-refractivity contribution in [3.63, 3.8) is 0 Å². The van der Waals surface area contributed by atoms with Gasteiger partial charge in [0, 0.05) is 0 Å². The summed E-state index contributed by atoms with van der Waals surface area (Å²) in [6.07, 6.45) is -1.69. The second-order valence-corrected chi connectivity index (χ2v) is 6.05. The minimum absolute atomic E-state index is 0.695. The van der Waals surface area contributed by atoms with E-state index in [9.17, 15) is 23.0 Å². The Morgan fingerprint density at radius 3 is 2.13 bits per heavy atom. The fraction of sp³-hybridized carbons (Fsp3) is 0.778. The maximum atomic E-state index is 12.0. The Hall–Kier alpha value is -0.120. The summed E-state index contributed by atoms with van der Waals surface area (Å²) >= 11 is 0. The van der Waals surface area contributed by atoms with Crippen LogP contribution in [0.5, 0.6) is 0 Å². The van der Waals surface area contributed by atoms with E-state index in [0.717, 1.165) is 30.7 Å². The lowest BCUT2D eigenvalue weighted by molar-refractivity contribution is -0.108. The van der Waals surface area contributed by atoms with Crippen molar-refractivity contribution >= 4 is 7.72 Å². The molecule has 1 rings (SSSR count). The number of allylic oxidation sites excluding steroid dienone is 1. The summed E-state index contributed by atoms with van der Waals surface area (Å²) in [5.74, 6) is 1.07. The molecule has 15 heavy (non-hydrogen) atoms. The van der Waals surface area contributed by atoms with Crippen LogP contribution in [-0.2, 0) is 0 Å². The van der Waals surface area contributed by atoms with Crippen molar-refractivity contribution in [2.75, 3.05) is 6.16 Å². The minimum atomic E-state index is -4.51. The molecule has 1 saturated carbocycles. The van der Waals surface area contributed by atoms with E-state index in [1.807, 2.05) is 0 Å². The third-order valence-electron chi connectivity index (χ3n) is 2.30. The summed E-state index contributed by atoms with van der Waals surface area (Å²) in [4.78, 5) is 18.5. The van der Waals surface area contributed by atoms with Crippen molar-refractivity contribution in [2.24, 2.45) is 0 Å². The monoisotopic (exact) mass is 243 g/mol. The zero-order valence-corrected chi connectivity index (χ0v) is 9.19. The Balaban J connectivity index is 2.60. The Labute approximate surface area is 87.3 Å². The molecule has 6 heteroatoms. The van der Waals surface area contributed by atoms with Gasteiger partial charge in [0.2, 0.25) is 6.16 Å². The third kappa shape index (κ3) is 5.50. The van der Waals surface area contributed by atoms with Gasteiger partial charge in [-0.15, -0.1) is 0 Å². The Kier molecular flexibility index (Phi) is 4.15. The molecule has 1 aliphatic rings. The second-order valence-electron chi connectivity index (χ2n) is 3.91. The molecule has 0 aromatic rings. The molecule has 0 bridgehead atoms. The lowest BCUT2D eigenvalue weighted by Crippen LogP contribution is -2.16. The highest BCUT2D eigenvalue weighted by Gasteiger charge is 2.46. The first-order valence-corrected chi connectivity index (χ1v) is 6.84. The van der Waals surface area contributed by atoms with E-state index in [4.69, 9.17) is 0 Å². The SMILES string of the molecule is O[P+](O)(C=C1CCCCC1)CC(F)(F)F. The molecule has 0 aromatic heterocycles. The highest BCUT2D eigenvalue weighted by atomic mass is 31.2. The van der Waals surface area contributed by atoms with Gasteiger partial charge >= 0.3 is 13.9 Å². The van der Waals surface area contributed by atoms with Crippen LogP contribution >= 0.6 is 7.72 Å². The molecule has 1 fully saturated rings. The summed E-state index contributed by atoms with van der Waals surface area (Å²) in [5.41, 5.74) is 0.767.